The molecule has 1 aliphatic rings. The lowest BCUT2D eigenvalue weighted by atomic mass is 10.3. The summed E-state index contributed by atoms with van der Waals surface area (Å²) in [4.78, 5) is 19.5. The van der Waals surface area contributed by atoms with Gasteiger partial charge in [0, 0.05) is 12.1 Å². The van der Waals surface area contributed by atoms with E-state index in [9.17, 15) is 4.79 Å². The Morgan fingerprint density at radius 1 is 1.44 bits per heavy atom. The second kappa shape index (κ2) is 4.21. The molecule has 0 bridgehead atoms. The molecule has 92 valence electrons. The van der Waals surface area contributed by atoms with Crippen molar-refractivity contribution in [1.82, 2.24) is 19.7 Å². The normalized spacial score (nSPS) is 14.5. The van der Waals surface area contributed by atoms with Gasteiger partial charge in [-0.15, -0.1) is 0 Å². The van der Waals surface area contributed by atoms with Crippen LogP contribution in [-0.2, 0) is 4.74 Å². The third-order valence-corrected chi connectivity index (χ3v) is 2.86. The van der Waals surface area contributed by atoms with Gasteiger partial charge in [-0.2, -0.15) is 5.10 Å². The molecule has 2 aromatic heterocycles. The summed E-state index contributed by atoms with van der Waals surface area (Å²) in [6, 6.07) is 1.98. The van der Waals surface area contributed by atoms with Gasteiger partial charge in [-0.25, -0.2) is 14.5 Å². The summed E-state index contributed by atoms with van der Waals surface area (Å²) >= 11 is 0. The Balaban J connectivity index is 1.92. The Morgan fingerprint density at radius 3 is 3.00 bits per heavy atom. The topological polar surface area (TPSA) is 69.9 Å². The predicted molar refractivity (Wildman–Crippen MR) is 62.5 cm³/mol. The molecule has 6 nitrogen and oxygen atoms in total. The predicted octanol–water partition coefficient (Wildman–Crippen LogP) is 1.33. The highest BCUT2D eigenvalue weighted by Crippen LogP contribution is 2.38. The average molecular weight is 244 g/mol. The fourth-order valence-corrected chi connectivity index (χ4v) is 1.73. The molecule has 1 saturated carbocycles. The molecule has 6 heteroatoms. The van der Waals surface area contributed by atoms with Crippen LogP contribution in [0.25, 0.3) is 5.82 Å². The molecule has 0 aromatic carbocycles. The van der Waals surface area contributed by atoms with E-state index >= 15 is 0 Å². The molecule has 2 heterocycles. The van der Waals surface area contributed by atoms with E-state index in [-0.39, 0.29) is 5.69 Å². The first kappa shape index (κ1) is 10.9. The Morgan fingerprint density at radius 2 is 2.28 bits per heavy atom. The summed E-state index contributed by atoms with van der Waals surface area (Å²) in [5.41, 5.74) is 1.25. The molecule has 18 heavy (non-hydrogen) atoms. The summed E-state index contributed by atoms with van der Waals surface area (Å²) < 4.78 is 6.24. The van der Waals surface area contributed by atoms with Crippen molar-refractivity contribution in [1.29, 1.82) is 0 Å². The summed E-state index contributed by atoms with van der Waals surface area (Å²) in [5.74, 6) is 0.603. The first-order valence-corrected chi connectivity index (χ1v) is 5.74. The zero-order chi connectivity index (χ0) is 12.5. The van der Waals surface area contributed by atoms with Crippen LogP contribution < -0.4 is 0 Å². The van der Waals surface area contributed by atoms with Gasteiger partial charge in [0.25, 0.3) is 0 Å². The van der Waals surface area contributed by atoms with E-state index in [1.54, 1.807) is 10.9 Å². The number of aromatic nitrogens is 4. The number of esters is 1. The molecule has 1 fully saturated rings. The maximum absolute atomic E-state index is 11.4. The van der Waals surface area contributed by atoms with Crippen LogP contribution in [0.5, 0.6) is 0 Å². The number of ether oxygens (including phenoxy) is 1. The lowest BCUT2D eigenvalue weighted by Gasteiger charge is -2.02. The second-order valence-corrected chi connectivity index (χ2v) is 4.21. The van der Waals surface area contributed by atoms with Crippen LogP contribution in [-0.4, -0.2) is 32.8 Å². The van der Waals surface area contributed by atoms with Gasteiger partial charge in [0.2, 0.25) is 0 Å². The smallest absolute Gasteiger partial charge is 0.358 e. The molecule has 0 amide bonds. The van der Waals surface area contributed by atoms with Gasteiger partial charge in [-0.05, 0) is 18.9 Å². The van der Waals surface area contributed by atoms with Crippen molar-refractivity contribution in [2.45, 2.75) is 18.8 Å². The Kier molecular flexibility index (Phi) is 2.55. The Labute approximate surface area is 104 Å². The van der Waals surface area contributed by atoms with Crippen molar-refractivity contribution in [2.75, 3.05) is 7.11 Å². The molecule has 0 radical (unpaired) electrons. The Bertz CT molecular complexity index is 589. The highest BCUT2D eigenvalue weighted by atomic mass is 16.5. The summed E-state index contributed by atoms with van der Waals surface area (Å²) in [7, 11) is 1.32. The molecule has 0 aliphatic heterocycles. The van der Waals surface area contributed by atoms with E-state index in [1.807, 2.05) is 12.3 Å². The summed E-state index contributed by atoms with van der Waals surface area (Å²) in [5, 5.41) is 4.43. The number of nitrogens with zero attached hydrogens (tertiary/aromatic N) is 4. The number of carbonyl (C=O) groups is 1. The first-order chi connectivity index (χ1) is 8.78. The van der Waals surface area contributed by atoms with Crippen LogP contribution in [0.15, 0.2) is 24.7 Å². The summed E-state index contributed by atoms with van der Waals surface area (Å²) in [6.45, 7) is 0. The van der Waals surface area contributed by atoms with Crippen molar-refractivity contribution in [2.24, 2.45) is 0 Å². The van der Waals surface area contributed by atoms with Gasteiger partial charge >= 0.3 is 5.97 Å². The largest absolute Gasteiger partial charge is 0.464 e. The average Bonchev–Trinajstić information content (AvgIpc) is 3.15. The van der Waals surface area contributed by atoms with Crippen LogP contribution in [0, 0.1) is 0 Å². The van der Waals surface area contributed by atoms with Crippen LogP contribution in [0.1, 0.15) is 34.9 Å². The van der Waals surface area contributed by atoms with E-state index in [2.05, 4.69) is 19.8 Å². The minimum absolute atomic E-state index is 0.179. The maximum Gasteiger partial charge on any atom is 0.358 e. The summed E-state index contributed by atoms with van der Waals surface area (Å²) in [6.07, 6.45) is 7.17. The number of hydrogen-bond donors (Lipinski definition) is 0. The highest BCUT2D eigenvalue weighted by Gasteiger charge is 2.26. The molecule has 1 aliphatic carbocycles. The van der Waals surface area contributed by atoms with Gasteiger partial charge in [0.1, 0.15) is 0 Å². The minimum Gasteiger partial charge on any atom is -0.464 e. The van der Waals surface area contributed by atoms with Crippen molar-refractivity contribution < 1.29 is 9.53 Å². The fourth-order valence-electron chi connectivity index (χ4n) is 1.73. The number of carbonyl (C=O) groups excluding carboxylic acids is 1. The zero-order valence-electron chi connectivity index (χ0n) is 9.91. The maximum atomic E-state index is 11.4. The van der Waals surface area contributed by atoms with E-state index in [0.29, 0.717) is 11.7 Å². The molecular formula is C12H12N4O2. The zero-order valence-corrected chi connectivity index (χ0v) is 9.91. The van der Waals surface area contributed by atoms with Gasteiger partial charge in [0.05, 0.1) is 25.2 Å². The standard InChI is InChI=1S/C12H12N4O2/c1-18-12(17)10-6-13-7-11(14-10)16-5-4-9(15-16)8-2-3-8/h4-8H,2-3H2,1H3. The van der Waals surface area contributed by atoms with Gasteiger partial charge in [-0.1, -0.05) is 0 Å². The molecule has 0 spiro atoms. The monoisotopic (exact) mass is 244 g/mol. The lowest BCUT2D eigenvalue weighted by molar-refractivity contribution is 0.0593. The lowest BCUT2D eigenvalue weighted by Crippen LogP contribution is -2.08. The van der Waals surface area contributed by atoms with Gasteiger partial charge in [-0.3, -0.25) is 4.98 Å². The molecule has 0 unspecified atom stereocenters. The Hall–Kier alpha value is -2.24. The number of rotatable bonds is 3. The third-order valence-electron chi connectivity index (χ3n) is 2.86. The quantitative estimate of drug-likeness (QED) is 0.762. The van der Waals surface area contributed by atoms with E-state index in [0.717, 1.165) is 5.69 Å². The van der Waals surface area contributed by atoms with Crippen LogP contribution in [0.3, 0.4) is 0 Å². The van der Waals surface area contributed by atoms with Crippen molar-refractivity contribution in [3.8, 4) is 5.82 Å². The van der Waals surface area contributed by atoms with E-state index in [4.69, 9.17) is 0 Å². The number of methoxy groups -OCH3 is 1. The highest BCUT2D eigenvalue weighted by molar-refractivity contribution is 5.86. The molecule has 0 saturated heterocycles. The van der Waals surface area contributed by atoms with Crippen molar-refractivity contribution in [3.05, 3.63) is 36.0 Å². The fraction of sp³-hybridized carbons (Fsp3) is 0.333. The van der Waals surface area contributed by atoms with E-state index in [1.165, 1.54) is 26.1 Å². The third kappa shape index (κ3) is 1.97. The molecule has 3 rings (SSSR count). The number of hydrogen-bond acceptors (Lipinski definition) is 5. The second-order valence-electron chi connectivity index (χ2n) is 4.21. The SMILES string of the molecule is COC(=O)c1cncc(-n2ccc(C3CC3)n2)n1. The molecule has 2 aromatic rings. The van der Waals surface area contributed by atoms with Crippen molar-refractivity contribution >= 4 is 5.97 Å². The minimum atomic E-state index is -0.501. The van der Waals surface area contributed by atoms with Gasteiger partial charge < -0.3 is 4.74 Å². The first-order valence-electron chi connectivity index (χ1n) is 5.74. The van der Waals surface area contributed by atoms with Crippen LogP contribution in [0.2, 0.25) is 0 Å². The van der Waals surface area contributed by atoms with E-state index < -0.39 is 5.97 Å². The van der Waals surface area contributed by atoms with Crippen molar-refractivity contribution in [3.63, 3.8) is 0 Å². The van der Waals surface area contributed by atoms with Crippen LogP contribution >= 0.6 is 0 Å². The molecule has 0 atom stereocenters. The molecular weight excluding hydrogens is 232 g/mol. The van der Waals surface area contributed by atoms with Crippen LogP contribution in [0.4, 0.5) is 0 Å². The molecule has 0 N–H and O–H groups in total. The van der Waals surface area contributed by atoms with Gasteiger partial charge in [0.15, 0.2) is 11.5 Å².